The van der Waals surface area contributed by atoms with Crippen LogP contribution < -0.4 is 5.32 Å². The van der Waals surface area contributed by atoms with Gasteiger partial charge in [0.25, 0.3) is 0 Å². The number of sulfone groups is 1. The van der Waals surface area contributed by atoms with E-state index in [0.717, 1.165) is 32.0 Å². The Labute approximate surface area is 124 Å². The van der Waals surface area contributed by atoms with Crippen LogP contribution in [-0.4, -0.2) is 56.5 Å². The summed E-state index contributed by atoms with van der Waals surface area (Å²) in [5, 5.41) is 3.70. The van der Waals surface area contributed by atoms with Crippen LogP contribution in [0, 0.1) is 11.8 Å². The van der Waals surface area contributed by atoms with Gasteiger partial charge in [-0.3, -0.25) is 4.90 Å². The molecule has 20 heavy (non-hydrogen) atoms. The molecule has 0 aromatic heterocycles. The van der Waals surface area contributed by atoms with Crippen molar-refractivity contribution in [2.75, 3.05) is 31.1 Å². The molecular formula is C15H30N2O2S. The molecule has 118 valence electrons. The molecule has 1 heterocycles. The lowest BCUT2D eigenvalue weighted by Crippen LogP contribution is -2.59. The van der Waals surface area contributed by atoms with Crippen LogP contribution in [0.1, 0.15) is 40.0 Å². The van der Waals surface area contributed by atoms with E-state index in [4.69, 9.17) is 0 Å². The lowest BCUT2D eigenvalue weighted by Gasteiger charge is -2.42. The van der Waals surface area contributed by atoms with Crippen molar-refractivity contribution < 1.29 is 8.42 Å². The Morgan fingerprint density at radius 2 is 2.00 bits per heavy atom. The van der Waals surface area contributed by atoms with Gasteiger partial charge in [0.1, 0.15) is 9.84 Å². The highest BCUT2D eigenvalue weighted by atomic mass is 32.2. The molecule has 1 N–H and O–H groups in total. The van der Waals surface area contributed by atoms with E-state index in [9.17, 15) is 8.42 Å². The third-order valence-corrected chi connectivity index (χ3v) is 6.58. The Balaban J connectivity index is 1.86. The van der Waals surface area contributed by atoms with Gasteiger partial charge in [-0.05, 0) is 37.6 Å². The predicted octanol–water partition coefficient (Wildman–Crippen LogP) is 1.52. The Hall–Kier alpha value is -0.130. The first-order chi connectivity index (χ1) is 9.43. The molecule has 0 amide bonds. The minimum Gasteiger partial charge on any atom is -0.311 e. The van der Waals surface area contributed by atoms with Gasteiger partial charge in [-0.25, -0.2) is 8.42 Å². The van der Waals surface area contributed by atoms with Gasteiger partial charge in [0, 0.05) is 30.9 Å². The summed E-state index contributed by atoms with van der Waals surface area (Å²) in [7, 11) is -2.82. The molecule has 5 heteroatoms. The van der Waals surface area contributed by atoms with Gasteiger partial charge in [0.2, 0.25) is 0 Å². The molecule has 2 atom stereocenters. The molecule has 0 aromatic carbocycles. The van der Waals surface area contributed by atoms with Crippen molar-refractivity contribution in [1.82, 2.24) is 10.2 Å². The van der Waals surface area contributed by atoms with Crippen molar-refractivity contribution in [2.45, 2.75) is 52.1 Å². The molecule has 2 rings (SSSR count). The van der Waals surface area contributed by atoms with Crippen molar-refractivity contribution in [3.05, 3.63) is 0 Å². The quantitative estimate of drug-likeness (QED) is 0.775. The van der Waals surface area contributed by atoms with E-state index in [1.165, 1.54) is 12.8 Å². The Morgan fingerprint density at radius 1 is 1.30 bits per heavy atom. The van der Waals surface area contributed by atoms with Gasteiger partial charge in [0.15, 0.2) is 0 Å². The number of nitrogens with one attached hydrogen (secondary N) is 1. The second-order valence-corrected chi connectivity index (χ2v) is 9.22. The number of piperazine rings is 1. The maximum Gasteiger partial charge on any atom is 0.150 e. The van der Waals surface area contributed by atoms with E-state index in [2.05, 4.69) is 24.1 Å². The van der Waals surface area contributed by atoms with Gasteiger partial charge in [-0.1, -0.05) is 20.8 Å². The van der Waals surface area contributed by atoms with Gasteiger partial charge in [-0.15, -0.1) is 0 Å². The molecule has 1 saturated heterocycles. The lowest BCUT2D eigenvalue weighted by atomic mass is 9.97. The van der Waals surface area contributed by atoms with Crippen LogP contribution in [0.2, 0.25) is 0 Å². The van der Waals surface area contributed by atoms with Crippen LogP contribution in [0.15, 0.2) is 0 Å². The van der Waals surface area contributed by atoms with Gasteiger partial charge in [-0.2, -0.15) is 0 Å². The summed E-state index contributed by atoms with van der Waals surface area (Å²) in [6.45, 7) is 9.34. The lowest BCUT2D eigenvalue weighted by molar-refractivity contribution is 0.0926. The van der Waals surface area contributed by atoms with Crippen LogP contribution in [0.3, 0.4) is 0 Å². The van der Waals surface area contributed by atoms with Crippen LogP contribution in [0.4, 0.5) is 0 Å². The average molecular weight is 302 g/mol. The molecule has 0 aromatic rings. The molecule has 1 saturated carbocycles. The molecule has 1 aliphatic carbocycles. The zero-order chi connectivity index (χ0) is 14.8. The monoisotopic (exact) mass is 302 g/mol. The second kappa shape index (κ2) is 6.75. The smallest absolute Gasteiger partial charge is 0.150 e. The number of nitrogens with zero attached hydrogens (tertiary/aromatic N) is 1. The molecule has 1 aliphatic heterocycles. The summed E-state index contributed by atoms with van der Waals surface area (Å²) in [5.74, 6) is 2.09. The molecular weight excluding hydrogens is 272 g/mol. The highest BCUT2D eigenvalue weighted by molar-refractivity contribution is 7.91. The highest BCUT2D eigenvalue weighted by Crippen LogP contribution is 2.34. The van der Waals surface area contributed by atoms with Crippen molar-refractivity contribution in [2.24, 2.45) is 11.8 Å². The minimum absolute atomic E-state index is 0.271. The third-order valence-electron chi connectivity index (χ3n) is 4.79. The Bertz CT molecular complexity index is 404. The van der Waals surface area contributed by atoms with Crippen LogP contribution in [-0.2, 0) is 9.84 Å². The fraction of sp³-hybridized carbons (Fsp3) is 1.00. The Morgan fingerprint density at radius 3 is 2.55 bits per heavy atom. The maximum atomic E-state index is 11.6. The second-order valence-electron chi connectivity index (χ2n) is 6.75. The average Bonchev–Trinajstić information content (AvgIpc) is 3.22. The largest absolute Gasteiger partial charge is 0.311 e. The van der Waals surface area contributed by atoms with E-state index in [1.807, 2.05) is 0 Å². The number of hydrogen-bond acceptors (Lipinski definition) is 4. The Kier molecular flexibility index (Phi) is 5.49. The molecule has 2 aliphatic rings. The summed E-state index contributed by atoms with van der Waals surface area (Å²) in [6, 6.07) is 1.18. The van der Waals surface area contributed by atoms with Crippen LogP contribution >= 0.6 is 0 Å². The van der Waals surface area contributed by atoms with Crippen molar-refractivity contribution >= 4 is 9.84 Å². The summed E-state index contributed by atoms with van der Waals surface area (Å²) >= 11 is 0. The van der Waals surface area contributed by atoms with E-state index < -0.39 is 9.84 Å². The molecule has 2 fully saturated rings. The zero-order valence-corrected chi connectivity index (χ0v) is 14.0. The van der Waals surface area contributed by atoms with Crippen molar-refractivity contribution in [3.8, 4) is 0 Å². The van der Waals surface area contributed by atoms with E-state index in [1.54, 1.807) is 6.92 Å². The fourth-order valence-electron chi connectivity index (χ4n) is 3.21. The SMILES string of the molecule is CCS(=O)(=O)CCCN1CC(C2CC2)NCC1C(C)C. The third kappa shape index (κ3) is 4.43. The van der Waals surface area contributed by atoms with E-state index in [-0.39, 0.29) is 5.75 Å². The van der Waals surface area contributed by atoms with Crippen molar-refractivity contribution in [1.29, 1.82) is 0 Å². The first-order valence-corrected chi connectivity index (χ1v) is 9.93. The summed E-state index contributed by atoms with van der Waals surface area (Å²) in [4.78, 5) is 2.54. The molecule has 0 bridgehead atoms. The molecule has 2 unspecified atom stereocenters. The van der Waals surface area contributed by atoms with Crippen molar-refractivity contribution in [3.63, 3.8) is 0 Å². The predicted molar refractivity (Wildman–Crippen MR) is 83.7 cm³/mol. The molecule has 0 radical (unpaired) electrons. The number of rotatable bonds is 7. The molecule has 0 spiro atoms. The van der Waals surface area contributed by atoms with Crippen LogP contribution in [0.25, 0.3) is 0 Å². The summed E-state index contributed by atoms with van der Waals surface area (Å²) < 4.78 is 23.2. The summed E-state index contributed by atoms with van der Waals surface area (Å²) in [5.41, 5.74) is 0. The minimum atomic E-state index is -2.82. The highest BCUT2D eigenvalue weighted by Gasteiger charge is 2.37. The van der Waals surface area contributed by atoms with E-state index in [0.29, 0.717) is 23.8 Å². The standard InChI is InChI=1S/C15H30N2O2S/c1-4-20(18,19)9-5-8-17-11-14(13-6-7-13)16-10-15(17)12(2)3/h12-16H,4-11H2,1-3H3. The topological polar surface area (TPSA) is 49.4 Å². The van der Waals surface area contributed by atoms with Gasteiger partial charge < -0.3 is 5.32 Å². The van der Waals surface area contributed by atoms with Gasteiger partial charge >= 0.3 is 0 Å². The normalized spacial score (nSPS) is 29.0. The zero-order valence-electron chi connectivity index (χ0n) is 13.1. The van der Waals surface area contributed by atoms with Gasteiger partial charge in [0.05, 0.1) is 5.75 Å². The molecule has 4 nitrogen and oxygen atoms in total. The summed E-state index contributed by atoms with van der Waals surface area (Å²) in [6.07, 6.45) is 3.50. The first-order valence-electron chi connectivity index (χ1n) is 8.11. The maximum absolute atomic E-state index is 11.6. The number of hydrogen-bond donors (Lipinski definition) is 1. The van der Waals surface area contributed by atoms with E-state index >= 15 is 0 Å². The van der Waals surface area contributed by atoms with Crippen LogP contribution in [0.5, 0.6) is 0 Å². The fourth-order valence-corrected chi connectivity index (χ4v) is 4.07. The first kappa shape index (κ1) is 16.2.